The van der Waals surface area contributed by atoms with Gasteiger partial charge in [0.1, 0.15) is 5.75 Å². The number of pyridine rings is 1. The van der Waals surface area contributed by atoms with Crippen molar-refractivity contribution in [1.82, 2.24) is 4.98 Å². The van der Waals surface area contributed by atoms with Gasteiger partial charge in [0.15, 0.2) is 0 Å². The fraction of sp³-hybridized carbons (Fsp3) is 0.500. The van der Waals surface area contributed by atoms with Crippen LogP contribution in [0.15, 0.2) is 17.2 Å². The van der Waals surface area contributed by atoms with E-state index in [0.717, 1.165) is 16.3 Å². The van der Waals surface area contributed by atoms with Crippen LogP contribution in [-0.2, 0) is 0 Å². The van der Waals surface area contributed by atoms with E-state index in [4.69, 9.17) is 4.74 Å². The summed E-state index contributed by atoms with van der Waals surface area (Å²) in [5, 5.41) is 0. The molecule has 2 rings (SSSR count). The summed E-state index contributed by atoms with van der Waals surface area (Å²) in [6.45, 7) is 1.99. The Balaban J connectivity index is 2.22. The van der Waals surface area contributed by atoms with Crippen LogP contribution < -0.4 is 4.74 Å². The Morgan fingerprint density at radius 1 is 1.54 bits per heavy atom. The van der Waals surface area contributed by atoms with Gasteiger partial charge < -0.3 is 4.74 Å². The quantitative estimate of drug-likeness (QED) is 0.692. The molecule has 0 unspecified atom stereocenters. The summed E-state index contributed by atoms with van der Waals surface area (Å²) in [5.74, 6) is 1.00. The molecular weight excluding hydrogens is 182 g/mol. The molecule has 0 bridgehead atoms. The molecule has 2 nitrogen and oxygen atoms in total. The Labute approximate surface area is 82.7 Å². The summed E-state index contributed by atoms with van der Waals surface area (Å²) in [6, 6.07) is 2.02. The Morgan fingerprint density at radius 2 is 2.31 bits per heavy atom. The van der Waals surface area contributed by atoms with Crippen molar-refractivity contribution in [3.05, 3.63) is 18.0 Å². The second-order valence-electron chi connectivity index (χ2n) is 3.29. The highest BCUT2D eigenvalue weighted by Crippen LogP contribution is 2.33. The number of hydrogen-bond donors (Lipinski definition) is 0. The molecule has 0 aromatic carbocycles. The summed E-state index contributed by atoms with van der Waals surface area (Å²) >= 11 is 1.69. The van der Waals surface area contributed by atoms with Gasteiger partial charge in [0.2, 0.25) is 0 Å². The molecule has 0 saturated heterocycles. The number of aryl methyl sites for hydroxylation is 1. The molecule has 13 heavy (non-hydrogen) atoms. The summed E-state index contributed by atoms with van der Waals surface area (Å²) in [6.07, 6.45) is 6.81. The molecule has 0 atom stereocenters. The highest BCUT2D eigenvalue weighted by molar-refractivity contribution is 7.98. The lowest BCUT2D eigenvalue weighted by molar-refractivity contribution is 0.295. The molecule has 1 aromatic rings. The van der Waals surface area contributed by atoms with E-state index < -0.39 is 0 Å². The van der Waals surface area contributed by atoms with Gasteiger partial charge in [-0.15, -0.1) is 11.8 Å². The predicted octanol–water partition coefficient (Wildman–Crippen LogP) is 2.65. The number of hydrogen-bond acceptors (Lipinski definition) is 3. The molecule has 1 heterocycles. The average molecular weight is 195 g/mol. The van der Waals surface area contributed by atoms with Crippen LogP contribution in [0.1, 0.15) is 18.5 Å². The van der Waals surface area contributed by atoms with Gasteiger partial charge in [-0.2, -0.15) is 0 Å². The van der Waals surface area contributed by atoms with Crippen molar-refractivity contribution in [3.8, 4) is 5.75 Å². The second kappa shape index (κ2) is 3.58. The van der Waals surface area contributed by atoms with E-state index in [1.807, 2.05) is 25.4 Å². The number of thioether (sulfide) groups is 1. The Hall–Kier alpha value is -0.700. The molecule has 0 amide bonds. The van der Waals surface area contributed by atoms with Crippen LogP contribution in [0.3, 0.4) is 0 Å². The van der Waals surface area contributed by atoms with Crippen LogP contribution >= 0.6 is 11.8 Å². The molecule has 1 aliphatic carbocycles. The minimum atomic E-state index is 0.465. The molecule has 3 heteroatoms. The van der Waals surface area contributed by atoms with Crippen molar-refractivity contribution >= 4 is 11.8 Å². The maximum Gasteiger partial charge on any atom is 0.136 e. The van der Waals surface area contributed by atoms with Gasteiger partial charge in [0.05, 0.1) is 11.0 Å². The minimum Gasteiger partial charge on any atom is -0.489 e. The summed E-state index contributed by atoms with van der Waals surface area (Å²) in [4.78, 5) is 5.37. The molecule has 0 spiro atoms. The second-order valence-corrected chi connectivity index (χ2v) is 4.14. The van der Waals surface area contributed by atoms with Crippen LogP contribution in [0.25, 0.3) is 0 Å². The third-order valence-corrected chi connectivity index (χ3v) is 2.75. The van der Waals surface area contributed by atoms with Crippen LogP contribution in [0.4, 0.5) is 0 Å². The molecule has 1 fully saturated rings. The van der Waals surface area contributed by atoms with E-state index >= 15 is 0 Å². The van der Waals surface area contributed by atoms with Crippen LogP contribution in [0.5, 0.6) is 5.75 Å². The van der Waals surface area contributed by atoms with Crippen LogP contribution in [0.2, 0.25) is 0 Å². The van der Waals surface area contributed by atoms with E-state index in [2.05, 4.69) is 4.98 Å². The smallest absolute Gasteiger partial charge is 0.136 e. The zero-order chi connectivity index (χ0) is 9.26. The summed E-state index contributed by atoms with van der Waals surface area (Å²) in [5.41, 5.74) is 1.02. The normalized spacial score (nSPS) is 15.8. The van der Waals surface area contributed by atoms with E-state index in [1.54, 1.807) is 11.8 Å². The maximum atomic E-state index is 5.77. The summed E-state index contributed by atoms with van der Waals surface area (Å²) < 4.78 is 5.77. The zero-order valence-electron chi connectivity index (χ0n) is 7.91. The first-order valence-electron chi connectivity index (χ1n) is 4.47. The van der Waals surface area contributed by atoms with E-state index in [9.17, 15) is 0 Å². The number of ether oxygens (including phenoxy) is 1. The first-order chi connectivity index (χ1) is 6.29. The number of nitrogens with zero attached hydrogens (tertiary/aromatic N) is 1. The molecule has 1 saturated carbocycles. The first kappa shape index (κ1) is 8.88. The maximum absolute atomic E-state index is 5.77. The largest absolute Gasteiger partial charge is 0.489 e. The topological polar surface area (TPSA) is 22.1 Å². The van der Waals surface area contributed by atoms with Crippen molar-refractivity contribution < 1.29 is 4.74 Å². The third kappa shape index (κ3) is 2.15. The van der Waals surface area contributed by atoms with Gasteiger partial charge in [0, 0.05) is 18.0 Å². The fourth-order valence-corrected chi connectivity index (χ4v) is 1.60. The standard InChI is InChI=1S/C10H13NOS/c1-7-5-9(12-8-3-4-8)10(13-2)6-11-7/h5-6,8H,3-4H2,1-2H3. The summed E-state index contributed by atoms with van der Waals surface area (Å²) in [7, 11) is 0. The molecule has 0 N–H and O–H groups in total. The van der Waals surface area contributed by atoms with Crippen molar-refractivity contribution in [1.29, 1.82) is 0 Å². The van der Waals surface area contributed by atoms with Gasteiger partial charge in [0.25, 0.3) is 0 Å². The SMILES string of the molecule is CSc1cnc(C)cc1OC1CC1. The van der Waals surface area contributed by atoms with E-state index in [-0.39, 0.29) is 0 Å². The molecular formula is C10H13NOS. The minimum absolute atomic E-state index is 0.465. The fourth-order valence-electron chi connectivity index (χ4n) is 1.13. The van der Waals surface area contributed by atoms with Gasteiger partial charge in [-0.25, -0.2) is 0 Å². The van der Waals surface area contributed by atoms with Crippen molar-refractivity contribution in [2.45, 2.75) is 30.8 Å². The van der Waals surface area contributed by atoms with Gasteiger partial charge in [-0.3, -0.25) is 4.98 Å². The van der Waals surface area contributed by atoms with Crippen LogP contribution in [0, 0.1) is 6.92 Å². The Bertz CT molecular complexity index is 310. The highest BCUT2D eigenvalue weighted by Gasteiger charge is 2.24. The van der Waals surface area contributed by atoms with Crippen molar-refractivity contribution in [2.75, 3.05) is 6.26 Å². The predicted molar refractivity (Wildman–Crippen MR) is 54.4 cm³/mol. The third-order valence-electron chi connectivity index (χ3n) is 2.01. The highest BCUT2D eigenvalue weighted by atomic mass is 32.2. The van der Waals surface area contributed by atoms with Gasteiger partial charge in [-0.05, 0) is 26.0 Å². The number of rotatable bonds is 3. The molecule has 1 aromatic heterocycles. The lowest BCUT2D eigenvalue weighted by atomic mass is 10.3. The van der Waals surface area contributed by atoms with Crippen LogP contribution in [-0.4, -0.2) is 17.3 Å². The Morgan fingerprint density at radius 3 is 2.92 bits per heavy atom. The lowest BCUT2D eigenvalue weighted by Gasteiger charge is -2.08. The van der Waals surface area contributed by atoms with Crippen molar-refractivity contribution in [3.63, 3.8) is 0 Å². The van der Waals surface area contributed by atoms with Gasteiger partial charge in [-0.1, -0.05) is 0 Å². The first-order valence-corrected chi connectivity index (χ1v) is 5.69. The van der Waals surface area contributed by atoms with E-state index in [1.165, 1.54) is 12.8 Å². The van der Waals surface area contributed by atoms with E-state index in [0.29, 0.717) is 6.10 Å². The Kier molecular flexibility index (Phi) is 2.44. The monoisotopic (exact) mass is 195 g/mol. The lowest BCUT2D eigenvalue weighted by Crippen LogP contribution is -1.98. The zero-order valence-corrected chi connectivity index (χ0v) is 8.73. The molecule has 70 valence electrons. The molecule has 0 radical (unpaired) electrons. The van der Waals surface area contributed by atoms with Crippen molar-refractivity contribution in [2.24, 2.45) is 0 Å². The number of aromatic nitrogens is 1. The molecule has 0 aliphatic heterocycles. The van der Waals surface area contributed by atoms with Gasteiger partial charge >= 0.3 is 0 Å². The average Bonchev–Trinajstić information content (AvgIpc) is 2.89. The molecule has 1 aliphatic rings.